The molecular weight excluding hydrogens is 352 g/mol. The molecule has 0 unspecified atom stereocenters. The maximum absolute atomic E-state index is 4.85. The van der Waals surface area contributed by atoms with Crippen LogP contribution in [0, 0.1) is 26.7 Å². The quantitative estimate of drug-likeness (QED) is 0.637. The van der Waals surface area contributed by atoms with Crippen molar-refractivity contribution in [1.82, 2.24) is 19.9 Å². The lowest BCUT2D eigenvalue weighted by Gasteiger charge is -2.36. The first kappa shape index (κ1) is 18.5. The van der Waals surface area contributed by atoms with E-state index >= 15 is 0 Å². The first-order chi connectivity index (χ1) is 13.0. The monoisotopic (exact) mass is 380 g/mol. The number of aromatic nitrogens is 3. The van der Waals surface area contributed by atoms with Gasteiger partial charge in [-0.3, -0.25) is 9.88 Å². The van der Waals surface area contributed by atoms with Gasteiger partial charge in [0, 0.05) is 24.0 Å². The fourth-order valence-corrected chi connectivity index (χ4v) is 5.12. The fraction of sp³-hybridized carbons (Fsp3) is 0.500. The number of pyridine rings is 2. The lowest BCUT2D eigenvalue weighted by molar-refractivity contribution is 0.129. The second-order valence-electron chi connectivity index (χ2n) is 7.93. The zero-order chi connectivity index (χ0) is 19.0. The molecule has 0 aromatic carbocycles. The van der Waals surface area contributed by atoms with E-state index in [9.17, 15) is 0 Å². The van der Waals surface area contributed by atoms with E-state index in [1.807, 2.05) is 6.92 Å². The molecule has 0 amide bonds. The molecule has 4 rings (SSSR count). The Kier molecular flexibility index (Phi) is 5.24. The molecule has 5 heteroatoms. The summed E-state index contributed by atoms with van der Waals surface area (Å²) in [4.78, 5) is 16.5. The smallest absolute Gasteiger partial charge is 0.170 e. The van der Waals surface area contributed by atoms with Gasteiger partial charge in [-0.25, -0.2) is 9.97 Å². The summed E-state index contributed by atoms with van der Waals surface area (Å²) in [6, 6.07) is 9.19. The third-order valence-corrected chi connectivity index (χ3v) is 6.50. The van der Waals surface area contributed by atoms with E-state index in [1.165, 1.54) is 23.1 Å². The van der Waals surface area contributed by atoms with Crippen LogP contribution in [-0.2, 0) is 6.42 Å². The average Bonchev–Trinajstić information content (AvgIpc) is 2.99. The molecule has 0 aliphatic carbocycles. The Labute approximate surface area is 165 Å². The van der Waals surface area contributed by atoms with Crippen molar-refractivity contribution in [2.24, 2.45) is 5.92 Å². The molecule has 0 bridgehead atoms. The third kappa shape index (κ3) is 4.19. The highest BCUT2D eigenvalue weighted by molar-refractivity contribution is 7.18. The average molecular weight is 381 g/mol. The molecule has 0 radical (unpaired) electrons. The predicted octanol–water partition coefficient (Wildman–Crippen LogP) is 5.03. The van der Waals surface area contributed by atoms with Crippen LogP contribution in [0.1, 0.15) is 53.5 Å². The van der Waals surface area contributed by atoms with Crippen LogP contribution in [0.3, 0.4) is 0 Å². The number of thiazole rings is 1. The second kappa shape index (κ2) is 7.64. The van der Waals surface area contributed by atoms with Crippen LogP contribution < -0.4 is 0 Å². The van der Waals surface area contributed by atoms with Gasteiger partial charge in [-0.2, -0.15) is 0 Å². The number of hydrogen-bond donors (Lipinski definition) is 0. The minimum atomic E-state index is 0.333. The van der Waals surface area contributed by atoms with Crippen LogP contribution in [0.5, 0.6) is 0 Å². The zero-order valence-corrected chi connectivity index (χ0v) is 17.5. The van der Waals surface area contributed by atoms with E-state index in [0.717, 1.165) is 47.2 Å². The van der Waals surface area contributed by atoms with Gasteiger partial charge in [-0.1, -0.05) is 0 Å². The van der Waals surface area contributed by atoms with Crippen LogP contribution in [-0.4, -0.2) is 32.9 Å². The van der Waals surface area contributed by atoms with Gasteiger partial charge >= 0.3 is 0 Å². The van der Waals surface area contributed by atoms with E-state index in [0.29, 0.717) is 12.0 Å². The highest BCUT2D eigenvalue weighted by atomic mass is 32.1. The van der Waals surface area contributed by atoms with Gasteiger partial charge in [0.15, 0.2) is 5.65 Å². The van der Waals surface area contributed by atoms with Gasteiger partial charge in [-0.15, -0.1) is 11.3 Å². The molecule has 1 aliphatic heterocycles. The van der Waals surface area contributed by atoms with Gasteiger partial charge < -0.3 is 0 Å². The fourth-order valence-electron chi connectivity index (χ4n) is 4.35. The Bertz CT molecular complexity index is 928. The summed E-state index contributed by atoms with van der Waals surface area (Å²) in [5.74, 6) is 0.702. The third-order valence-electron chi connectivity index (χ3n) is 5.57. The van der Waals surface area contributed by atoms with Gasteiger partial charge in [0.2, 0.25) is 0 Å². The molecule has 0 spiro atoms. The Morgan fingerprint density at radius 3 is 2.67 bits per heavy atom. The lowest BCUT2D eigenvalue weighted by Crippen LogP contribution is -2.38. The maximum atomic E-state index is 4.85. The molecule has 0 N–H and O–H groups in total. The normalized spacial score (nSPS) is 19.5. The van der Waals surface area contributed by atoms with E-state index in [-0.39, 0.29) is 0 Å². The number of fused-ring (bicyclic) bond motifs is 1. The summed E-state index contributed by atoms with van der Waals surface area (Å²) in [6.45, 7) is 10.8. The van der Waals surface area contributed by atoms with Crippen LogP contribution >= 0.6 is 11.3 Å². The minimum Gasteiger partial charge on any atom is -0.295 e. The molecule has 3 aromatic heterocycles. The molecule has 1 aliphatic rings. The van der Waals surface area contributed by atoms with Crippen molar-refractivity contribution >= 4 is 21.7 Å². The van der Waals surface area contributed by atoms with Crippen LogP contribution in [0.15, 0.2) is 24.3 Å². The summed E-state index contributed by atoms with van der Waals surface area (Å²) in [5, 5.41) is 1.09. The Hall–Kier alpha value is -1.85. The highest BCUT2D eigenvalue weighted by Gasteiger charge is 2.25. The first-order valence-corrected chi connectivity index (χ1v) is 10.7. The van der Waals surface area contributed by atoms with Crippen LogP contribution in [0.4, 0.5) is 0 Å². The van der Waals surface area contributed by atoms with Crippen LogP contribution in [0.25, 0.3) is 10.3 Å². The summed E-state index contributed by atoms with van der Waals surface area (Å²) >= 11 is 1.72. The topological polar surface area (TPSA) is 41.9 Å². The zero-order valence-electron chi connectivity index (χ0n) is 16.7. The van der Waals surface area contributed by atoms with Crippen molar-refractivity contribution in [2.75, 3.05) is 13.1 Å². The molecule has 3 aromatic rings. The molecule has 142 valence electrons. The van der Waals surface area contributed by atoms with Crippen molar-refractivity contribution in [1.29, 1.82) is 0 Å². The molecule has 1 fully saturated rings. The minimum absolute atomic E-state index is 0.333. The maximum Gasteiger partial charge on any atom is 0.170 e. The number of hydrogen-bond acceptors (Lipinski definition) is 5. The molecule has 27 heavy (non-hydrogen) atoms. The van der Waals surface area contributed by atoms with Crippen molar-refractivity contribution in [2.45, 2.75) is 53.0 Å². The van der Waals surface area contributed by atoms with E-state index in [1.54, 1.807) is 11.3 Å². The molecular formula is C22H28N4S. The summed E-state index contributed by atoms with van der Waals surface area (Å²) in [6.07, 6.45) is 3.71. The van der Waals surface area contributed by atoms with Crippen LogP contribution in [0.2, 0.25) is 0 Å². The Morgan fingerprint density at radius 2 is 1.89 bits per heavy atom. The number of rotatable bonds is 4. The van der Waals surface area contributed by atoms with E-state index < -0.39 is 0 Å². The second-order valence-corrected chi connectivity index (χ2v) is 9.17. The largest absolute Gasteiger partial charge is 0.295 e. The molecule has 2 atom stereocenters. The summed E-state index contributed by atoms with van der Waals surface area (Å²) < 4.78 is 1.18. The number of piperidine rings is 1. The van der Waals surface area contributed by atoms with Gasteiger partial charge in [0.1, 0.15) is 0 Å². The van der Waals surface area contributed by atoms with Crippen molar-refractivity contribution < 1.29 is 0 Å². The van der Waals surface area contributed by atoms with E-state index in [2.05, 4.69) is 59.9 Å². The standard InChI is InChI=1S/C22H28N4S/c1-14-10-19(11-15(2)23-14)12-18-6-5-9-26(13-18)16(3)20-7-8-21-22(25-20)24-17(4)27-21/h7-8,10-11,16,18H,5-6,9,12-13H2,1-4H3/t16-,18+/m0/s1. The highest BCUT2D eigenvalue weighted by Crippen LogP contribution is 2.29. The molecule has 0 saturated carbocycles. The molecule has 4 heterocycles. The van der Waals surface area contributed by atoms with E-state index in [4.69, 9.17) is 4.98 Å². The number of nitrogens with zero attached hydrogens (tertiary/aromatic N) is 4. The molecule has 4 nitrogen and oxygen atoms in total. The van der Waals surface area contributed by atoms with Gasteiger partial charge in [0.25, 0.3) is 0 Å². The predicted molar refractivity (Wildman–Crippen MR) is 112 cm³/mol. The van der Waals surface area contributed by atoms with Gasteiger partial charge in [0.05, 0.1) is 15.4 Å². The summed E-state index contributed by atoms with van der Waals surface area (Å²) in [7, 11) is 0. The van der Waals surface area contributed by atoms with Crippen molar-refractivity contribution in [3.8, 4) is 0 Å². The molecule has 1 saturated heterocycles. The SMILES string of the molecule is Cc1cc(C[C@H]2CCCN([C@@H](C)c3ccc4sc(C)nc4n3)C2)cc(C)n1. The number of aryl methyl sites for hydroxylation is 3. The first-order valence-electron chi connectivity index (χ1n) is 9.90. The lowest BCUT2D eigenvalue weighted by atomic mass is 9.90. The number of likely N-dealkylation sites (tertiary alicyclic amines) is 1. The van der Waals surface area contributed by atoms with Crippen molar-refractivity contribution in [3.05, 3.63) is 51.9 Å². The van der Waals surface area contributed by atoms with Gasteiger partial charge in [-0.05, 0) is 89.2 Å². The Morgan fingerprint density at radius 1 is 1.11 bits per heavy atom. The van der Waals surface area contributed by atoms with Crippen molar-refractivity contribution in [3.63, 3.8) is 0 Å². The Balaban J connectivity index is 1.47. The summed E-state index contributed by atoms with van der Waals surface area (Å²) in [5.41, 5.74) is 5.73.